The first-order valence-electron chi connectivity index (χ1n) is 4.87. The van der Waals surface area contributed by atoms with E-state index in [2.05, 4.69) is 10.2 Å². The van der Waals surface area contributed by atoms with Crippen LogP contribution in [0, 0.1) is 0 Å². The number of nitrogens with zero attached hydrogens (tertiary/aromatic N) is 1. The van der Waals surface area contributed by atoms with Gasteiger partial charge < -0.3 is 5.11 Å². The number of hydrogen-bond acceptors (Lipinski definition) is 3. The molecule has 0 aromatic carbocycles. The normalized spacial score (nSPS) is 20.1. The number of aromatic nitrogens is 2. The van der Waals surface area contributed by atoms with Crippen molar-refractivity contribution in [3.8, 4) is 0 Å². The first-order valence-corrected chi connectivity index (χ1v) is 5.92. The lowest BCUT2D eigenvalue weighted by atomic mass is 10.0. The number of hydrogen-bond donors (Lipinski definition) is 2. The van der Waals surface area contributed by atoms with Crippen LogP contribution >= 0.6 is 11.8 Å². The van der Waals surface area contributed by atoms with Crippen molar-refractivity contribution in [3.63, 3.8) is 0 Å². The third-order valence-electron chi connectivity index (χ3n) is 2.50. The van der Waals surface area contributed by atoms with Crippen LogP contribution in [0.1, 0.15) is 28.6 Å². The molecule has 0 aliphatic carbocycles. The van der Waals surface area contributed by atoms with Gasteiger partial charge in [-0.15, -0.1) is 0 Å². The minimum atomic E-state index is -4.54. The number of fused-ring (bicyclic) bond motifs is 1. The van der Waals surface area contributed by atoms with Gasteiger partial charge in [-0.05, 0) is 12.2 Å². The summed E-state index contributed by atoms with van der Waals surface area (Å²) in [6, 6.07) is 0. The Hall–Kier alpha value is -1.18. The summed E-state index contributed by atoms with van der Waals surface area (Å²) in [6.07, 6.45) is -4.40. The van der Waals surface area contributed by atoms with Crippen LogP contribution in [0.5, 0.6) is 0 Å². The molecule has 0 bridgehead atoms. The molecule has 8 heteroatoms. The number of aromatic amines is 1. The lowest BCUT2D eigenvalue weighted by Gasteiger charge is -2.21. The molecular weight excluding hydrogens is 257 g/mol. The van der Waals surface area contributed by atoms with Gasteiger partial charge in [0, 0.05) is 16.5 Å². The Morgan fingerprint density at radius 3 is 2.88 bits per heavy atom. The highest BCUT2D eigenvalue weighted by molar-refractivity contribution is 7.99. The fourth-order valence-corrected chi connectivity index (χ4v) is 3.13. The van der Waals surface area contributed by atoms with Gasteiger partial charge in [-0.1, -0.05) is 0 Å². The smallest absolute Gasteiger partial charge is 0.435 e. The molecule has 4 nitrogen and oxygen atoms in total. The van der Waals surface area contributed by atoms with Crippen LogP contribution in [0.4, 0.5) is 13.2 Å². The van der Waals surface area contributed by atoms with E-state index in [-0.39, 0.29) is 12.0 Å². The maximum Gasteiger partial charge on any atom is 0.435 e. The Balaban J connectivity index is 2.40. The van der Waals surface area contributed by atoms with Crippen molar-refractivity contribution in [2.24, 2.45) is 0 Å². The topological polar surface area (TPSA) is 66.0 Å². The summed E-state index contributed by atoms with van der Waals surface area (Å²) >= 11 is 1.23. The molecule has 1 aliphatic rings. The van der Waals surface area contributed by atoms with Gasteiger partial charge in [0.1, 0.15) is 0 Å². The maximum absolute atomic E-state index is 12.7. The van der Waals surface area contributed by atoms with Crippen molar-refractivity contribution in [2.45, 2.75) is 24.3 Å². The molecule has 2 N–H and O–H groups in total. The Morgan fingerprint density at radius 1 is 1.59 bits per heavy atom. The maximum atomic E-state index is 12.7. The minimum absolute atomic E-state index is 0.0103. The molecule has 0 amide bonds. The summed E-state index contributed by atoms with van der Waals surface area (Å²) in [5.74, 6) is -0.505. The number of thioether (sulfide) groups is 1. The zero-order valence-electron chi connectivity index (χ0n) is 8.54. The number of nitrogens with one attached hydrogen (secondary N) is 1. The highest BCUT2D eigenvalue weighted by Crippen LogP contribution is 2.44. The van der Waals surface area contributed by atoms with Gasteiger partial charge in [0.25, 0.3) is 0 Å². The van der Waals surface area contributed by atoms with E-state index < -0.39 is 23.1 Å². The molecular formula is C9H9F3N2O2S. The highest BCUT2D eigenvalue weighted by Gasteiger charge is 2.41. The molecule has 2 heterocycles. The Morgan fingerprint density at radius 2 is 2.29 bits per heavy atom. The van der Waals surface area contributed by atoms with Crippen molar-refractivity contribution < 1.29 is 23.1 Å². The summed E-state index contributed by atoms with van der Waals surface area (Å²) in [6.45, 7) is 0. The van der Waals surface area contributed by atoms with Crippen LogP contribution in [0.25, 0.3) is 0 Å². The molecule has 17 heavy (non-hydrogen) atoms. The number of carbonyl (C=O) groups is 1. The summed E-state index contributed by atoms with van der Waals surface area (Å²) in [5.41, 5.74) is -0.565. The fourth-order valence-electron chi connectivity index (χ4n) is 1.85. The average Bonchev–Trinajstić information content (AvgIpc) is 2.60. The summed E-state index contributed by atoms with van der Waals surface area (Å²) in [5, 5.41) is 13.7. The number of halogens is 3. The molecule has 1 aromatic rings. The highest BCUT2D eigenvalue weighted by atomic mass is 32.2. The Kier molecular flexibility index (Phi) is 3.07. The molecule has 94 valence electrons. The van der Waals surface area contributed by atoms with Gasteiger partial charge >= 0.3 is 12.1 Å². The second-order valence-corrected chi connectivity index (χ2v) is 4.98. The van der Waals surface area contributed by atoms with Crippen LogP contribution in [0.3, 0.4) is 0 Å². The predicted molar refractivity (Wildman–Crippen MR) is 54.7 cm³/mol. The molecule has 1 aliphatic heterocycles. The average molecular weight is 266 g/mol. The monoisotopic (exact) mass is 266 g/mol. The lowest BCUT2D eigenvalue weighted by Crippen LogP contribution is -2.16. The van der Waals surface area contributed by atoms with Crippen molar-refractivity contribution in [1.82, 2.24) is 10.2 Å². The van der Waals surface area contributed by atoms with Crippen LogP contribution in [0.15, 0.2) is 0 Å². The van der Waals surface area contributed by atoms with E-state index in [1.807, 2.05) is 0 Å². The van der Waals surface area contributed by atoms with Crippen molar-refractivity contribution in [3.05, 3.63) is 17.0 Å². The molecule has 0 fully saturated rings. The third-order valence-corrected chi connectivity index (χ3v) is 3.75. The zero-order chi connectivity index (χ0) is 12.6. The molecule has 1 unspecified atom stereocenters. The third kappa shape index (κ3) is 2.41. The van der Waals surface area contributed by atoms with Crippen LogP contribution in [0.2, 0.25) is 0 Å². The number of aryl methyl sites for hydroxylation is 1. The van der Waals surface area contributed by atoms with Crippen LogP contribution in [-0.4, -0.2) is 27.0 Å². The minimum Gasteiger partial charge on any atom is -0.481 e. The Bertz CT molecular complexity index is 444. The second kappa shape index (κ2) is 4.25. The number of aliphatic carboxylic acids is 1. The van der Waals surface area contributed by atoms with E-state index in [1.165, 1.54) is 11.8 Å². The second-order valence-electron chi connectivity index (χ2n) is 3.67. The fraction of sp³-hybridized carbons (Fsp3) is 0.556. The summed E-state index contributed by atoms with van der Waals surface area (Å²) < 4.78 is 38.0. The molecule has 2 rings (SSSR count). The van der Waals surface area contributed by atoms with E-state index in [1.54, 1.807) is 0 Å². The quantitative estimate of drug-likeness (QED) is 0.861. The number of H-pyrrole nitrogens is 1. The molecule has 1 aromatic heterocycles. The summed E-state index contributed by atoms with van der Waals surface area (Å²) in [4.78, 5) is 10.6. The first-order chi connectivity index (χ1) is 7.89. The van der Waals surface area contributed by atoms with Gasteiger partial charge in [0.05, 0.1) is 6.42 Å². The molecule has 0 saturated carbocycles. The van der Waals surface area contributed by atoms with E-state index in [0.717, 1.165) is 0 Å². The van der Waals surface area contributed by atoms with Gasteiger partial charge in [-0.3, -0.25) is 9.89 Å². The van der Waals surface area contributed by atoms with E-state index in [9.17, 15) is 18.0 Å². The van der Waals surface area contributed by atoms with Crippen molar-refractivity contribution >= 4 is 17.7 Å². The van der Waals surface area contributed by atoms with E-state index >= 15 is 0 Å². The lowest BCUT2D eigenvalue weighted by molar-refractivity contribution is -0.142. The van der Waals surface area contributed by atoms with Crippen molar-refractivity contribution in [2.75, 3.05) is 5.75 Å². The van der Waals surface area contributed by atoms with Gasteiger partial charge in [-0.25, -0.2) is 0 Å². The molecule has 1 atom stereocenters. The SMILES string of the molecule is O=C(O)CC1SCCc2[nH]nc(C(F)(F)F)c21. The Labute approximate surface area is 98.6 Å². The molecule has 0 saturated heterocycles. The zero-order valence-corrected chi connectivity index (χ0v) is 9.36. The largest absolute Gasteiger partial charge is 0.481 e. The number of carboxylic acids is 1. The van der Waals surface area contributed by atoms with Gasteiger partial charge in [0.15, 0.2) is 5.69 Å². The molecule has 0 spiro atoms. The standard InChI is InChI=1S/C9H9F3N2O2S/c10-9(11,12)8-7-4(13-14-8)1-2-17-5(7)3-6(15)16/h5H,1-3H2,(H,13,14)(H,15,16). The number of alkyl halides is 3. The summed E-state index contributed by atoms with van der Waals surface area (Å²) in [7, 11) is 0. The number of carboxylic acid groups (broad SMARTS) is 1. The predicted octanol–water partition coefficient (Wildman–Crippen LogP) is 2.23. The first kappa shape index (κ1) is 12.3. The van der Waals surface area contributed by atoms with E-state index in [0.29, 0.717) is 17.9 Å². The number of rotatable bonds is 2. The van der Waals surface area contributed by atoms with Crippen molar-refractivity contribution in [1.29, 1.82) is 0 Å². The van der Waals surface area contributed by atoms with Gasteiger partial charge in [0.2, 0.25) is 0 Å². The van der Waals surface area contributed by atoms with Crippen LogP contribution < -0.4 is 0 Å². The van der Waals surface area contributed by atoms with Crippen LogP contribution in [-0.2, 0) is 17.4 Å². The van der Waals surface area contributed by atoms with Gasteiger partial charge in [-0.2, -0.15) is 30.0 Å². The molecule has 0 radical (unpaired) electrons. The van der Waals surface area contributed by atoms with E-state index in [4.69, 9.17) is 5.11 Å².